The van der Waals surface area contributed by atoms with E-state index in [1.54, 1.807) is 0 Å². The zero-order chi connectivity index (χ0) is 16.5. The van der Waals surface area contributed by atoms with Crippen molar-refractivity contribution in [2.45, 2.75) is 30.7 Å². The van der Waals surface area contributed by atoms with Crippen molar-refractivity contribution in [1.82, 2.24) is 0 Å². The van der Waals surface area contributed by atoms with Crippen LogP contribution in [0.4, 0.5) is 11.4 Å². The average Bonchev–Trinajstić information content (AvgIpc) is 2.96. The van der Waals surface area contributed by atoms with Crippen LogP contribution in [0.2, 0.25) is 0 Å². The number of rotatable bonds is 5. The Morgan fingerprint density at radius 1 is 1.50 bits per heavy atom. The molecule has 1 aromatic carbocycles. The number of nitro groups is 1. The number of nitrogens with zero attached hydrogens (tertiary/aromatic N) is 2. The quantitative estimate of drug-likeness (QED) is 0.641. The van der Waals surface area contributed by atoms with Crippen LogP contribution >= 0.6 is 0 Å². The smallest absolute Gasteiger partial charge is 0.326 e. The van der Waals surface area contributed by atoms with Crippen molar-refractivity contribution in [2.24, 2.45) is 0 Å². The fourth-order valence-electron chi connectivity index (χ4n) is 2.56. The van der Waals surface area contributed by atoms with Gasteiger partial charge in [-0.3, -0.25) is 10.1 Å². The van der Waals surface area contributed by atoms with Gasteiger partial charge in [-0.15, -0.1) is 0 Å². The van der Waals surface area contributed by atoms with Crippen molar-refractivity contribution in [3.63, 3.8) is 0 Å². The van der Waals surface area contributed by atoms with Gasteiger partial charge < -0.3 is 10.0 Å². The molecule has 1 N–H and O–H groups in total. The molecule has 0 aromatic heterocycles. The molecule has 0 radical (unpaired) electrons. The zero-order valence-electron chi connectivity index (χ0n) is 11.9. The molecule has 1 saturated heterocycles. The minimum absolute atomic E-state index is 0.128. The first-order valence-electron chi connectivity index (χ1n) is 6.78. The third-order valence-electron chi connectivity index (χ3n) is 3.73. The highest BCUT2D eigenvalue weighted by Gasteiger charge is 2.34. The largest absolute Gasteiger partial charge is 0.480 e. The van der Waals surface area contributed by atoms with Crippen molar-refractivity contribution in [2.75, 3.05) is 17.2 Å². The molecule has 1 heterocycles. The lowest BCUT2D eigenvalue weighted by Gasteiger charge is -2.23. The number of hydrogen-bond acceptors (Lipinski definition) is 6. The van der Waals surface area contributed by atoms with Crippen LogP contribution in [0.15, 0.2) is 23.1 Å². The molecule has 9 heteroatoms. The first-order valence-corrected chi connectivity index (χ1v) is 8.43. The molecule has 1 aromatic rings. The van der Waals surface area contributed by atoms with E-state index in [2.05, 4.69) is 0 Å². The van der Waals surface area contributed by atoms with Crippen LogP contribution in [0.5, 0.6) is 0 Å². The third kappa shape index (κ3) is 2.89. The normalized spacial score (nSPS) is 18.4. The number of carboxylic acids is 1. The Morgan fingerprint density at radius 3 is 2.73 bits per heavy atom. The highest BCUT2D eigenvalue weighted by atomic mass is 32.2. The topological polar surface area (TPSA) is 118 Å². The fraction of sp³-hybridized carbons (Fsp3) is 0.462. The monoisotopic (exact) mass is 328 g/mol. The Hall–Kier alpha value is -2.16. The number of aliphatic carboxylic acids is 1. The number of carboxylic acid groups (broad SMARTS) is 1. The van der Waals surface area contributed by atoms with Crippen molar-refractivity contribution >= 4 is 27.2 Å². The molecule has 1 atom stereocenters. The van der Waals surface area contributed by atoms with E-state index >= 15 is 0 Å². The van der Waals surface area contributed by atoms with Crippen LogP contribution in [0.3, 0.4) is 0 Å². The van der Waals surface area contributed by atoms with Crippen LogP contribution in [0, 0.1) is 10.1 Å². The van der Waals surface area contributed by atoms with Crippen molar-refractivity contribution in [1.29, 1.82) is 0 Å². The van der Waals surface area contributed by atoms with Crippen LogP contribution in [-0.4, -0.2) is 42.8 Å². The second kappa shape index (κ2) is 5.91. The molecular weight excluding hydrogens is 312 g/mol. The Labute approximate surface area is 127 Å². The van der Waals surface area contributed by atoms with E-state index < -0.39 is 26.8 Å². The first kappa shape index (κ1) is 16.2. The molecule has 0 saturated carbocycles. The van der Waals surface area contributed by atoms with Gasteiger partial charge in [0.1, 0.15) is 11.7 Å². The van der Waals surface area contributed by atoms with E-state index in [1.807, 2.05) is 0 Å². The summed E-state index contributed by atoms with van der Waals surface area (Å²) in [5.74, 6) is -1.21. The Bertz CT molecular complexity index is 715. The number of sulfone groups is 1. The Kier molecular flexibility index (Phi) is 4.36. The van der Waals surface area contributed by atoms with Crippen molar-refractivity contribution in [3.8, 4) is 0 Å². The number of carbonyl (C=O) groups is 1. The van der Waals surface area contributed by atoms with Crippen molar-refractivity contribution in [3.05, 3.63) is 28.3 Å². The molecule has 0 spiro atoms. The molecule has 22 heavy (non-hydrogen) atoms. The maximum absolute atomic E-state index is 11.9. The SMILES string of the molecule is CCS(=O)(=O)c1ccc(N2CCC[C@@H]2C(=O)O)c([N+](=O)[O-])c1. The second-order valence-electron chi connectivity index (χ2n) is 5.00. The number of nitro benzene ring substituents is 1. The molecule has 1 aliphatic heterocycles. The summed E-state index contributed by atoms with van der Waals surface area (Å²) in [7, 11) is -3.56. The number of anilines is 1. The van der Waals surface area contributed by atoms with Gasteiger partial charge in [0.05, 0.1) is 15.6 Å². The molecule has 1 fully saturated rings. The molecule has 1 aliphatic rings. The standard InChI is InChI=1S/C13H16N2O6S/c1-2-22(20,21)9-5-6-10(12(8-9)15(18)19)14-7-3-4-11(14)13(16)17/h5-6,8,11H,2-4,7H2,1H3,(H,16,17)/t11-/m1/s1. The molecule has 0 aliphatic carbocycles. The van der Waals surface area contributed by atoms with E-state index in [0.717, 1.165) is 6.07 Å². The number of benzene rings is 1. The summed E-state index contributed by atoms with van der Waals surface area (Å²) in [6.45, 7) is 1.84. The van der Waals surface area contributed by atoms with Crippen LogP contribution in [-0.2, 0) is 14.6 Å². The maximum atomic E-state index is 11.9. The second-order valence-corrected chi connectivity index (χ2v) is 7.28. The van der Waals surface area contributed by atoms with Gasteiger partial charge in [-0.2, -0.15) is 0 Å². The minimum atomic E-state index is -3.56. The summed E-state index contributed by atoms with van der Waals surface area (Å²) >= 11 is 0. The Morgan fingerprint density at radius 2 is 2.18 bits per heavy atom. The van der Waals surface area contributed by atoms with E-state index in [1.165, 1.54) is 24.0 Å². The molecule has 120 valence electrons. The molecule has 0 amide bonds. The van der Waals surface area contributed by atoms with Crippen molar-refractivity contribution < 1.29 is 23.2 Å². The van der Waals surface area contributed by atoms with Gasteiger partial charge in [0, 0.05) is 12.6 Å². The van der Waals surface area contributed by atoms with Crippen LogP contribution in [0.1, 0.15) is 19.8 Å². The predicted molar refractivity (Wildman–Crippen MR) is 78.8 cm³/mol. The van der Waals surface area contributed by atoms with Gasteiger partial charge in [0.15, 0.2) is 9.84 Å². The molecular formula is C13H16N2O6S. The molecule has 8 nitrogen and oxygen atoms in total. The van der Waals surface area contributed by atoms with E-state index in [-0.39, 0.29) is 22.0 Å². The highest BCUT2D eigenvalue weighted by Crippen LogP contribution is 2.35. The summed E-state index contributed by atoms with van der Waals surface area (Å²) in [6.07, 6.45) is 1.02. The minimum Gasteiger partial charge on any atom is -0.480 e. The lowest BCUT2D eigenvalue weighted by molar-refractivity contribution is -0.384. The van der Waals surface area contributed by atoms with E-state index in [0.29, 0.717) is 19.4 Å². The molecule has 0 unspecified atom stereocenters. The summed E-state index contributed by atoms with van der Waals surface area (Å²) in [5, 5.41) is 20.4. The molecule has 2 rings (SSSR count). The zero-order valence-corrected chi connectivity index (χ0v) is 12.7. The molecule has 0 bridgehead atoms. The van der Waals surface area contributed by atoms with Gasteiger partial charge in [0.2, 0.25) is 0 Å². The van der Waals surface area contributed by atoms with Crippen LogP contribution < -0.4 is 4.90 Å². The van der Waals surface area contributed by atoms with Gasteiger partial charge in [-0.05, 0) is 25.0 Å². The van der Waals surface area contributed by atoms with Gasteiger partial charge in [-0.25, -0.2) is 13.2 Å². The van der Waals surface area contributed by atoms with Gasteiger partial charge >= 0.3 is 5.97 Å². The average molecular weight is 328 g/mol. The summed E-state index contributed by atoms with van der Waals surface area (Å²) in [6, 6.07) is 2.79. The lowest BCUT2D eigenvalue weighted by Crippen LogP contribution is -2.36. The lowest BCUT2D eigenvalue weighted by atomic mass is 10.2. The Balaban J connectivity index is 2.53. The predicted octanol–water partition coefficient (Wildman–Crippen LogP) is 1.44. The highest BCUT2D eigenvalue weighted by molar-refractivity contribution is 7.91. The van der Waals surface area contributed by atoms with Gasteiger partial charge in [-0.1, -0.05) is 6.92 Å². The summed E-state index contributed by atoms with van der Waals surface area (Å²) in [4.78, 5) is 23.1. The van der Waals surface area contributed by atoms with E-state index in [4.69, 9.17) is 0 Å². The third-order valence-corrected chi connectivity index (χ3v) is 5.46. The summed E-state index contributed by atoms with van der Waals surface area (Å²) < 4.78 is 23.7. The summed E-state index contributed by atoms with van der Waals surface area (Å²) in [5.41, 5.74) is -0.243. The first-order chi connectivity index (χ1) is 10.3. The van der Waals surface area contributed by atoms with E-state index in [9.17, 15) is 28.4 Å². The van der Waals surface area contributed by atoms with Gasteiger partial charge in [0.25, 0.3) is 5.69 Å². The van der Waals surface area contributed by atoms with Crippen LogP contribution in [0.25, 0.3) is 0 Å². The maximum Gasteiger partial charge on any atom is 0.326 e. The number of hydrogen-bond donors (Lipinski definition) is 1. The fourth-order valence-corrected chi connectivity index (χ4v) is 3.46.